The fourth-order valence-corrected chi connectivity index (χ4v) is 3.46. The number of aliphatic hydroxyl groups is 1. The average molecular weight is 395 g/mol. The predicted octanol–water partition coefficient (Wildman–Crippen LogP) is 3.86. The van der Waals surface area contributed by atoms with Crippen molar-refractivity contribution in [3.05, 3.63) is 58.1 Å². The molecule has 0 radical (unpaired) electrons. The Morgan fingerprint density at radius 2 is 1.65 bits per heavy atom. The van der Waals surface area contributed by atoms with E-state index >= 15 is 0 Å². The van der Waals surface area contributed by atoms with Crippen LogP contribution < -0.4 is 9.64 Å². The van der Waals surface area contributed by atoms with E-state index in [1.54, 1.807) is 24.3 Å². The molecule has 1 heterocycles. The van der Waals surface area contributed by atoms with Crippen molar-refractivity contribution in [1.82, 2.24) is 4.90 Å². The number of hydrogen-bond acceptors (Lipinski definition) is 4. The Balaban J connectivity index is 1.44. The molecule has 3 rings (SSSR count). The summed E-state index contributed by atoms with van der Waals surface area (Å²) in [6.07, 6.45) is -0.523. The van der Waals surface area contributed by atoms with Crippen LogP contribution in [0.15, 0.2) is 42.5 Å². The topological polar surface area (TPSA) is 35.9 Å². The SMILES string of the molecule is Cc1ccc(Cl)cc1N1CCN(C[C@H](O)COc2ccc(Cl)cc2)CC1. The Labute approximate surface area is 164 Å². The minimum atomic E-state index is -0.523. The van der Waals surface area contributed by atoms with Gasteiger partial charge < -0.3 is 14.7 Å². The predicted molar refractivity (Wildman–Crippen MR) is 108 cm³/mol. The molecule has 0 unspecified atom stereocenters. The zero-order chi connectivity index (χ0) is 18.5. The van der Waals surface area contributed by atoms with E-state index in [1.165, 1.54) is 11.3 Å². The van der Waals surface area contributed by atoms with Gasteiger partial charge >= 0.3 is 0 Å². The Morgan fingerprint density at radius 3 is 2.35 bits per heavy atom. The van der Waals surface area contributed by atoms with Crippen molar-refractivity contribution in [2.75, 3.05) is 44.2 Å². The van der Waals surface area contributed by atoms with E-state index in [-0.39, 0.29) is 6.61 Å². The van der Waals surface area contributed by atoms with E-state index in [9.17, 15) is 5.11 Å². The van der Waals surface area contributed by atoms with E-state index in [2.05, 4.69) is 22.8 Å². The first kappa shape index (κ1) is 19.3. The molecule has 1 fully saturated rings. The van der Waals surface area contributed by atoms with Crippen molar-refractivity contribution < 1.29 is 9.84 Å². The molecule has 0 amide bonds. The Hall–Kier alpha value is -1.46. The summed E-state index contributed by atoms with van der Waals surface area (Å²) in [5, 5.41) is 11.7. The largest absolute Gasteiger partial charge is 0.491 e. The van der Waals surface area contributed by atoms with Crippen LogP contribution in [-0.4, -0.2) is 55.4 Å². The monoisotopic (exact) mass is 394 g/mol. The second-order valence-corrected chi connectivity index (χ2v) is 7.51. The number of halogens is 2. The van der Waals surface area contributed by atoms with E-state index in [0.717, 1.165) is 37.0 Å². The summed E-state index contributed by atoms with van der Waals surface area (Å²) in [6, 6.07) is 13.2. The minimum absolute atomic E-state index is 0.273. The van der Waals surface area contributed by atoms with Crippen LogP contribution in [0.4, 0.5) is 5.69 Å². The third-order valence-electron chi connectivity index (χ3n) is 4.61. The lowest BCUT2D eigenvalue weighted by molar-refractivity contribution is 0.0663. The van der Waals surface area contributed by atoms with Crippen LogP contribution in [0.5, 0.6) is 5.75 Å². The molecule has 26 heavy (non-hydrogen) atoms. The van der Waals surface area contributed by atoms with Gasteiger partial charge in [-0.05, 0) is 48.9 Å². The van der Waals surface area contributed by atoms with Crippen LogP contribution in [-0.2, 0) is 0 Å². The van der Waals surface area contributed by atoms with Gasteiger partial charge in [0.25, 0.3) is 0 Å². The van der Waals surface area contributed by atoms with E-state index in [0.29, 0.717) is 11.6 Å². The number of hydrogen-bond donors (Lipinski definition) is 1. The van der Waals surface area contributed by atoms with Crippen molar-refractivity contribution in [2.45, 2.75) is 13.0 Å². The summed E-state index contributed by atoms with van der Waals surface area (Å²) < 4.78 is 5.62. The lowest BCUT2D eigenvalue weighted by atomic mass is 10.1. The molecule has 1 atom stereocenters. The van der Waals surface area contributed by atoms with Crippen molar-refractivity contribution >= 4 is 28.9 Å². The van der Waals surface area contributed by atoms with Gasteiger partial charge in [-0.15, -0.1) is 0 Å². The van der Waals surface area contributed by atoms with Crippen LogP contribution in [0.25, 0.3) is 0 Å². The minimum Gasteiger partial charge on any atom is -0.491 e. The first-order valence-corrected chi connectivity index (χ1v) is 9.57. The number of ether oxygens (including phenoxy) is 1. The standard InChI is InChI=1S/C20H24Cl2N2O2/c1-15-2-3-17(22)12-20(15)24-10-8-23(9-11-24)13-18(25)14-26-19-6-4-16(21)5-7-19/h2-7,12,18,25H,8-11,13-14H2,1H3/t18-/m0/s1. The number of β-amino-alcohol motifs (C(OH)–C–C–N with tert-alkyl or cyclic N) is 1. The van der Waals surface area contributed by atoms with Gasteiger partial charge in [0.2, 0.25) is 0 Å². The maximum atomic E-state index is 10.3. The molecule has 1 aliphatic heterocycles. The zero-order valence-electron chi connectivity index (χ0n) is 14.9. The summed E-state index contributed by atoms with van der Waals surface area (Å²) in [7, 11) is 0. The van der Waals surface area contributed by atoms with Crippen LogP contribution in [0, 0.1) is 6.92 Å². The van der Waals surface area contributed by atoms with Gasteiger partial charge in [0.15, 0.2) is 0 Å². The summed E-state index contributed by atoms with van der Waals surface area (Å²) in [5.74, 6) is 0.717. The molecule has 4 nitrogen and oxygen atoms in total. The number of piperazine rings is 1. The molecule has 1 N–H and O–H groups in total. The highest BCUT2D eigenvalue weighted by molar-refractivity contribution is 6.31. The Bertz CT molecular complexity index is 716. The van der Waals surface area contributed by atoms with Gasteiger partial charge in [0.1, 0.15) is 18.5 Å². The highest BCUT2D eigenvalue weighted by atomic mass is 35.5. The van der Waals surface area contributed by atoms with Gasteiger partial charge in [-0.3, -0.25) is 4.90 Å². The normalized spacial score (nSPS) is 16.5. The van der Waals surface area contributed by atoms with Crippen molar-refractivity contribution in [2.24, 2.45) is 0 Å². The maximum Gasteiger partial charge on any atom is 0.119 e. The summed E-state index contributed by atoms with van der Waals surface area (Å²) in [5.41, 5.74) is 2.43. The molecule has 0 saturated carbocycles. The van der Waals surface area contributed by atoms with Crippen LogP contribution in [0.1, 0.15) is 5.56 Å². The molecule has 2 aromatic rings. The smallest absolute Gasteiger partial charge is 0.119 e. The number of anilines is 1. The molecule has 0 aromatic heterocycles. The van der Waals surface area contributed by atoms with Gasteiger partial charge in [-0.25, -0.2) is 0 Å². The van der Waals surface area contributed by atoms with Gasteiger partial charge in [0.05, 0.1) is 0 Å². The summed E-state index contributed by atoms with van der Waals surface area (Å²) in [6.45, 7) is 6.65. The summed E-state index contributed by atoms with van der Waals surface area (Å²) in [4.78, 5) is 4.63. The number of nitrogens with zero attached hydrogens (tertiary/aromatic N) is 2. The zero-order valence-corrected chi connectivity index (χ0v) is 16.4. The highest BCUT2D eigenvalue weighted by Gasteiger charge is 2.20. The molecule has 1 aliphatic rings. The highest BCUT2D eigenvalue weighted by Crippen LogP contribution is 2.25. The third kappa shape index (κ3) is 5.27. The summed E-state index contributed by atoms with van der Waals surface area (Å²) >= 11 is 12.0. The average Bonchev–Trinajstić information content (AvgIpc) is 2.64. The third-order valence-corrected chi connectivity index (χ3v) is 5.10. The first-order chi connectivity index (χ1) is 12.5. The second-order valence-electron chi connectivity index (χ2n) is 6.64. The molecular formula is C20H24Cl2N2O2. The second kappa shape index (κ2) is 8.96. The molecule has 0 aliphatic carbocycles. The van der Waals surface area contributed by atoms with E-state index in [1.807, 2.05) is 12.1 Å². The van der Waals surface area contributed by atoms with E-state index in [4.69, 9.17) is 27.9 Å². The molecule has 1 saturated heterocycles. The molecule has 0 spiro atoms. The van der Waals surface area contributed by atoms with Crippen molar-refractivity contribution in [3.63, 3.8) is 0 Å². The molecular weight excluding hydrogens is 371 g/mol. The van der Waals surface area contributed by atoms with Crippen LogP contribution in [0.3, 0.4) is 0 Å². The van der Waals surface area contributed by atoms with Gasteiger partial charge in [-0.2, -0.15) is 0 Å². The van der Waals surface area contributed by atoms with Crippen LogP contribution >= 0.6 is 23.2 Å². The Kier molecular flexibility index (Phi) is 6.65. The van der Waals surface area contributed by atoms with E-state index < -0.39 is 6.10 Å². The Morgan fingerprint density at radius 1 is 1.00 bits per heavy atom. The van der Waals surface area contributed by atoms with Gasteiger partial charge in [-0.1, -0.05) is 29.3 Å². The first-order valence-electron chi connectivity index (χ1n) is 8.81. The number of rotatable bonds is 6. The lowest BCUT2D eigenvalue weighted by Crippen LogP contribution is -2.49. The lowest BCUT2D eigenvalue weighted by Gasteiger charge is -2.37. The molecule has 140 valence electrons. The quantitative estimate of drug-likeness (QED) is 0.806. The number of aliphatic hydroxyl groups excluding tert-OH is 1. The number of benzene rings is 2. The fourth-order valence-electron chi connectivity index (χ4n) is 3.17. The van der Waals surface area contributed by atoms with Crippen LogP contribution in [0.2, 0.25) is 10.0 Å². The molecule has 0 bridgehead atoms. The van der Waals surface area contributed by atoms with Gasteiger partial charge in [0, 0.05) is 48.5 Å². The maximum absolute atomic E-state index is 10.3. The number of aryl methyl sites for hydroxylation is 1. The molecule has 6 heteroatoms. The fraction of sp³-hybridized carbons (Fsp3) is 0.400. The van der Waals surface area contributed by atoms with Crippen molar-refractivity contribution in [3.8, 4) is 5.75 Å². The van der Waals surface area contributed by atoms with Crippen molar-refractivity contribution in [1.29, 1.82) is 0 Å². The molecule has 2 aromatic carbocycles.